The van der Waals surface area contributed by atoms with Gasteiger partial charge in [-0.15, -0.1) is 0 Å². The molecular weight excluding hydrogens is 373 g/mol. The monoisotopic (exact) mass is 388 g/mol. The van der Waals surface area contributed by atoms with E-state index in [4.69, 9.17) is 9.26 Å². The van der Waals surface area contributed by atoms with Gasteiger partial charge in [-0.3, -0.25) is 4.79 Å². The molecule has 0 aliphatic heterocycles. The number of amides is 1. The maximum absolute atomic E-state index is 12.8. The molecule has 0 radical (unpaired) electrons. The molecule has 2 aromatic carbocycles. The van der Waals surface area contributed by atoms with Gasteiger partial charge in [-0.1, -0.05) is 11.2 Å². The third-order valence-electron chi connectivity index (χ3n) is 4.65. The third-order valence-corrected chi connectivity index (χ3v) is 4.65. The lowest BCUT2D eigenvalue weighted by molar-refractivity contribution is -0.137. The fourth-order valence-electron chi connectivity index (χ4n) is 3.28. The normalized spacial score (nSPS) is 12.9. The minimum absolute atomic E-state index is 0.0394. The van der Waals surface area contributed by atoms with Crippen molar-refractivity contribution >= 4 is 11.6 Å². The number of carbonyl (C=O) groups is 1. The highest BCUT2D eigenvalue weighted by molar-refractivity contribution is 6.04. The quantitative estimate of drug-likeness (QED) is 0.705. The van der Waals surface area contributed by atoms with Gasteiger partial charge in [0.1, 0.15) is 5.75 Å². The second-order valence-electron chi connectivity index (χ2n) is 6.39. The second kappa shape index (κ2) is 6.70. The summed E-state index contributed by atoms with van der Waals surface area (Å²) in [4.78, 5) is 12.6. The van der Waals surface area contributed by atoms with E-state index in [0.717, 1.165) is 29.0 Å². The van der Waals surface area contributed by atoms with Gasteiger partial charge in [0.05, 0.1) is 12.7 Å². The lowest BCUT2D eigenvalue weighted by Gasteiger charge is -2.15. The number of hydrogen-bond donors (Lipinski definition) is 1. The second-order valence-corrected chi connectivity index (χ2v) is 6.39. The van der Waals surface area contributed by atoms with Crippen molar-refractivity contribution in [2.24, 2.45) is 0 Å². The van der Waals surface area contributed by atoms with Gasteiger partial charge in [0, 0.05) is 16.8 Å². The van der Waals surface area contributed by atoms with E-state index in [9.17, 15) is 18.0 Å². The van der Waals surface area contributed by atoms with Crippen LogP contribution in [0.2, 0.25) is 0 Å². The Kier molecular flexibility index (Phi) is 4.33. The minimum Gasteiger partial charge on any atom is -0.497 e. The van der Waals surface area contributed by atoms with Gasteiger partial charge < -0.3 is 14.6 Å². The molecule has 0 saturated heterocycles. The van der Waals surface area contributed by atoms with Crippen molar-refractivity contribution in [3.63, 3.8) is 0 Å². The molecular formula is C20H15F3N2O3. The van der Waals surface area contributed by atoms with Crippen LogP contribution in [-0.4, -0.2) is 18.2 Å². The predicted octanol–water partition coefficient (Wildman–Crippen LogP) is 4.72. The van der Waals surface area contributed by atoms with E-state index in [0.29, 0.717) is 24.2 Å². The average molecular weight is 388 g/mol. The number of methoxy groups -OCH3 is 1. The number of hydrogen-bond acceptors (Lipinski definition) is 4. The van der Waals surface area contributed by atoms with Gasteiger partial charge in [-0.25, -0.2) is 0 Å². The van der Waals surface area contributed by atoms with Crippen LogP contribution in [0.4, 0.5) is 18.9 Å². The maximum Gasteiger partial charge on any atom is 0.416 e. The molecule has 0 atom stereocenters. The highest BCUT2D eigenvalue weighted by atomic mass is 19.4. The van der Waals surface area contributed by atoms with Crippen LogP contribution in [0.1, 0.15) is 27.2 Å². The molecule has 4 rings (SSSR count). The smallest absolute Gasteiger partial charge is 0.416 e. The number of aryl methyl sites for hydroxylation is 1. The number of nitrogens with zero attached hydrogens (tertiary/aromatic N) is 1. The number of benzene rings is 2. The summed E-state index contributed by atoms with van der Waals surface area (Å²) in [6.07, 6.45) is -3.28. The SMILES string of the molecule is COc1ccc2c(c1)CCc1c(C(=O)Nc3cccc(C(F)(F)F)c3)noc1-2. The summed E-state index contributed by atoms with van der Waals surface area (Å²) in [6.45, 7) is 0. The van der Waals surface area contributed by atoms with Crippen LogP contribution in [0.25, 0.3) is 11.3 Å². The van der Waals surface area contributed by atoms with Crippen LogP contribution in [0.3, 0.4) is 0 Å². The Hall–Kier alpha value is -3.29. The number of ether oxygens (including phenoxy) is 1. The van der Waals surface area contributed by atoms with E-state index >= 15 is 0 Å². The number of fused-ring (bicyclic) bond motifs is 3. The molecule has 144 valence electrons. The summed E-state index contributed by atoms with van der Waals surface area (Å²) in [5.41, 5.74) is 1.77. The lowest BCUT2D eigenvalue weighted by atomic mass is 9.89. The number of aromatic nitrogens is 1. The number of nitrogens with one attached hydrogen (secondary N) is 1. The van der Waals surface area contributed by atoms with E-state index < -0.39 is 17.6 Å². The van der Waals surface area contributed by atoms with Crippen molar-refractivity contribution in [2.75, 3.05) is 12.4 Å². The molecule has 1 N–H and O–H groups in total. The first kappa shape index (κ1) is 18.1. The Morgan fingerprint density at radius 1 is 1.18 bits per heavy atom. The van der Waals surface area contributed by atoms with Crippen LogP contribution in [-0.2, 0) is 19.0 Å². The largest absolute Gasteiger partial charge is 0.497 e. The first-order chi connectivity index (χ1) is 13.4. The topological polar surface area (TPSA) is 64.4 Å². The molecule has 1 aliphatic carbocycles. The van der Waals surface area contributed by atoms with Crippen molar-refractivity contribution < 1.29 is 27.2 Å². The van der Waals surface area contributed by atoms with Crippen molar-refractivity contribution in [1.82, 2.24) is 5.16 Å². The Labute approximate surface area is 158 Å². The Morgan fingerprint density at radius 2 is 2.00 bits per heavy atom. The van der Waals surface area contributed by atoms with Crippen LogP contribution >= 0.6 is 0 Å². The summed E-state index contributed by atoms with van der Waals surface area (Å²) in [7, 11) is 1.58. The van der Waals surface area contributed by atoms with Crippen LogP contribution in [0, 0.1) is 0 Å². The molecule has 0 unspecified atom stereocenters. The van der Waals surface area contributed by atoms with Gasteiger partial charge in [-0.2, -0.15) is 13.2 Å². The number of anilines is 1. The summed E-state index contributed by atoms with van der Waals surface area (Å²) in [5.74, 6) is 0.614. The number of alkyl halides is 3. The van der Waals surface area contributed by atoms with E-state index in [1.807, 2.05) is 12.1 Å². The number of rotatable bonds is 3. The van der Waals surface area contributed by atoms with Gasteiger partial charge in [0.15, 0.2) is 11.5 Å². The van der Waals surface area contributed by atoms with Crippen molar-refractivity contribution in [3.8, 4) is 17.1 Å². The highest BCUT2D eigenvalue weighted by Crippen LogP contribution is 2.37. The average Bonchev–Trinajstić information content (AvgIpc) is 3.11. The molecule has 0 saturated carbocycles. The Balaban J connectivity index is 1.62. The van der Waals surface area contributed by atoms with Crippen LogP contribution < -0.4 is 10.1 Å². The molecule has 1 amide bonds. The van der Waals surface area contributed by atoms with Crippen LogP contribution in [0.15, 0.2) is 47.0 Å². The molecule has 0 fully saturated rings. The van der Waals surface area contributed by atoms with Crippen molar-refractivity contribution in [2.45, 2.75) is 19.0 Å². The molecule has 1 heterocycles. The maximum atomic E-state index is 12.8. The number of carbonyl (C=O) groups excluding carboxylic acids is 1. The molecule has 8 heteroatoms. The first-order valence-electron chi connectivity index (χ1n) is 8.51. The van der Waals surface area contributed by atoms with Gasteiger partial charge in [0.25, 0.3) is 5.91 Å². The fourth-order valence-corrected chi connectivity index (χ4v) is 3.28. The fraction of sp³-hybridized carbons (Fsp3) is 0.200. The Bertz CT molecular complexity index is 1060. The molecule has 1 aromatic heterocycles. The first-order valence-corrected chi connectivity index (χ1v) is 8.51. The van der Waals surface area contributed by atoms with Crippen LogP contribution in [0.5, 0.6) is 5.75 Å². The lowest BCUT2D eigenvalue weighted by Crippen LogP contribution is -2.16. The van der Waals surface area contributed by atoms with E-state index in [-0.39, 0.29) is 11.4 Å². The van der Waals surface area contributed by atoms with E-state index in [1.165, 1.54) is 12.1 Å². The van der Waals surface area contributed by atoms with Gasteiger partial charge in [-0.05, 0) is 54.8 Å². The molecule has 0 spiro atoms. The Morgan fingerprint density at radius 3 is 2.75 bits per heavy atom. The molecule has 1 aliphatic rings. The summed E-state index contributed by atoms with van der Waals surface area (Å²) in [6, 6.07) is 9.99. The van der Waals surface area contributed by atoms with Crippen molar-refractivity contribution in [3.05, 3.63) is 64.8 Å². The molecule has 0 bridgehead atoms. The zero-order valence-corrected chi connectivity index (χ0v) is 14.8. The minimum atomic E-state index is -4.49. The van der Waals surface area contributed by atoms with E-state index in [2.05, 4.69) is 10.5 Å². The standard InChI is InChI=1S/C20H15F3N2O3/c1-27-14-6-8-15-11(9-14)5-7-16-17(25-28-18(15)16)19(26)24-13-4-2-3-12(10-13)20(21,22)23/h2-4,6,8-10H,5,7H2,1H3,(H,24,26). The highest BCUT2D eigenvalue weighted by Gasteiger charge is 2.31. The predicted molar refractivity (Wildman–Crippen MR) is 95.3 cm³/mol. The molecule has 28 heavy (non-hydrogen) atoms. The summed E-state index contributed by atoms with van der Waals surface area (Å²) >= 11 is 0. The zero-order chi connectivity index (χ0) is 19.9. The third kappa shape index (κ3) is 3.21. The zero-order valence-electron chi connectivity index (χ0n) is 14.8. The summed E-state index contributed by atoms with van der Waals surface area (Å²) < 4.78 is 49.2. The van der Waals surface area contributed by atoms with Gasteiger partial charge in [0.2, 0.25) is 0 Å². The van der Waals surface area contributed by atoms with Gasteiger partial charge >= 0.3 is 6.18 Å². The number of halogens is 3. The molecule has 5 nitrogen and oxygen atoms in total. The molecule has 3 aromatic rings. The summed E-state index contributed by atoms with van der Waals surface area (Å²) in [5, 5.41) is 6.33. The van der Waals surface area contributed by atoms with Crippen molar-refractivity contribution in [1.29, 1.82) is 0 Å². The van der Waals surface area contributed by atoms with E-state index in [1.54, 1.807) is 13.2 Å².